The van der Waals surface area contributed by atoms with Crippen LogP contribution in [-0.4, -0.2) is 40.0 Å². The minimum Gasteiger partial charge on any atom is -0.392 e. The number of hydrogen-bond donors (Lipinski definition) is 1. The van der Waals surface area contributed by atoms with Gasteiger partial charge in [-0.25, -0.2) is 0 Å². The average molecular weight is 204 g/mol. The van der Waals surface area contributed by atoms with Crippen LogP contribution in [0.2, 0.25) is 0 Å². The zero-order valence-electron chi connectivity index (χ0n) is 7.62. The van der Waals surface area contributed by atoms with Gasteiger partial charge in [-0.3, -0.25) is 4.90 Å². The van der Waals surface area contributed by atoms with E-state index >= 15 is 0 Å². The molecule has 0 aromatic heterocycles. The van der Waals surface area contributed by atoms with Crippen LogP contribution >= 0.6 is 24.0 Å². The Labute approximate surface area is 83.9 Å². The summed E-state index contributed by atoms with van der Waals surface area (Å²) in [6.45, 7) is 7.53. The maximum atomic E-state index is 5.50. The van der Waals surface area contributed by atoms with Crippen molar-refractivity contribution in [1.29, 1.82) is 0 Å². The van der Waals surface area contributed by atoms with Gasteiger partial charge in [-0.15, -0.1) is 0 Å². The molecular weight excluding hydrogens is 188 g/mol. The third-order valence-corrected chi connectivity index (χ3v) is 3.23. The summed E-state index contributed by atoms with van der Waals surface area (Å²) < 4.78 is 0. The quantitative estimate of drug-likeness (QED) is 0.682. The number of thiocarbonyl (C=S) groups is 1. The van der Waals surface area contributed by atoms with Gasteiger partial charge in [0.1, 0.15) is 0 Å². The van der Waals surface area contributed by atoms with Crippen molar-refractivity contribution in [2.24, 2.45) is 5.73 Å². The Kier molecular flexibility index (Phi) is 3.80. The first kappa shape index (κ1) is 10.3. The molecule has 0 aliphatic carbocycles. The lowest BCUT2D eigenvalue weighted by Crippen LogP contribution is -2.44. The highest BCUT2D eigenvalue weighted by molar-refractivity contribution is 8.00. The van der Waals surface area contributed by atoms with Crippen LogP contribution in [0.5, 0.6) is 0 Å². The van der Waals surface area contributed by atoms with Gasteiger partial charge in [-0.2, -0.15) is 11.8 Å². The molecule has 1 saturated heterocycles. The number of rotatable bonds is 2. The predicted molar refractivity (Wildman–Crippen MR) is 59.7 cm³/mol. The summed E-state index contributed by atoms with van der Waals surface area (Å²) in [6, 6.07) is 0. The van der Waals surface area contributed by atoms with E-state index in [0.29, 0.717) is 15.5 Å². The summed E-state index contributed by atoms with van der Waals surface area (Å²) in [4.78, 5) is 2.95. The van der Waals surface area contributed by atoms with Crippen LogP contribution in [0.4, 0.5) is 0 Å². The van der Waals surface area contributed by atoms with Crippen LogP contribution in [0, 0.1) is 0 Å². The van der Waals surface area contributed by atoms with Crippen molar-refractivity contribution in [2.75, 3.05) is 19.6 Å². The molecule has 2 N–H and O–H groups in total. The Balaban J connectivity index is 2.38. The number of hydrogen-bond acceptors (Lipinski definition) is 3. The summed E-state index contributed by atoms with van der Waals surface area (Å²) in [5.41, 5.74) is 5.50. The highest BCUT2D eigenvalue weighted by Gasteiger charge is 2.21. The molecule has 1 aliphatic heterocycles. The van der Waals surface area contributed by atoms with Gasteiger partial charge in [0.25, 0.3) is 0 Å². The second kappa shape index (κ2) is 4.44. The van der Waals surface area contributed by atoms with Gasteiger partial charge in [-0.05, 0) is 0 Å². The van der Waals surface area contributed by atoms with Gasteiger partial charge in [0.15, 0.2) is 0 Å². The molecule has 12 heavy (non-hydrogen) atoms. The monoisotopic (exact) mass is 204 g/mol. The van der Waals surface area contributed by atoms with Crippen molar-refractivity contribution >= 4 is 29.0 Å². The molecule has 0 amide bonds. The summed E-state index contributed by atoms with van der Waals surface area (Å²) in [7, 11) is 0. The number of nitrogens with zero attached hydrogens (tertiary/aromatic N) is 1. The van der Waals surface area contributed by atoms with Gasteiger partial charge in [-0.1, -0.05) is 26.1 Å². The van der Waals surface area contributed by atoms with Crippen molar-refractivity contribution < 1.29 is 0 Å². The molecule has 0 aromatic carbocycles. The fourth-order valence-corrected chi connectivity index (χ4v) is 3.20. The molecule has 0 spiro atoms. The van der Waals surface area contributed by atoms with Gasteiger partial charge < -0.3 is 5.73 Å². The first-order valence-electron chi connectivity index (χ1n) is 4.24. The Bertz CT molecular complexity index is 162. The summed E-state index contributed by atoms with van der Waals surface area (Å²) in [5.74, 6) is 0. The van der Waals surface area contributed by atoms with Crippen LogP contribution in [0.1, 0.15) is 13.8 Å². The molecule has 2 nitrogen and oxygen atoms in total. The van der Waals surface area contributed by atoms with E-state index in [2.05, 4.69) is 18.7 Å². The number of nitrogens with two attached hydrogens (primary N) is 1. The van der Waals surface area contributed by atoms with Gasteiger partial charge >= 0.3 is 0 Å². The zero-order valence-corrected chi connectivity index (χ0v) is 9.25. The molecule has 1 aliphatic rings. The van der Waals surface area contributed by atoms with Crippen LogP contribution in [0.3, 0.4) is 0 Å². The van der Waals surface area contributed by atoms with E-state index in [4.69, 9.17) is 18.0 Å². The van der Waals surface area contributed by atoms with E-state index in [1.807, 2.05) is 11.8 Å². The Morgan fingerprint density at radius 3 is 2.42 bits per heavy atom. The van der Waals surface area contributed by atoms with E-state index in [0.717, 1.165) is 19.6 Å². The molecule has 70 valence electrons. The molecule has 1 heterocycles. The van der Waals surface area contributed by atoms with Crippen LogP contribution < -0.4 is 5.73 Å². The standard InChI is InChI=1S/C8H16N2S2/c1-6-3-10(5-8(9)11)4-7(2)12-6/h6-7H,3-5H2,1-2H3,(H2,9,11). The van der Waals surface area contributed by atoms with E-state index in [1.165, 1.54) is 0 Å². The van der Waals surface area contributed by atoms with Crippen LogP contribution in [-0.2, 0) is 0 Å². The Morgan fingerprint density at radius 1 is 1.50 bits per heavy atom. The maximum Gasteiger partial charge on any atom is 0.0870 e. The fraction of sp³-hybridized carbons (Fsp3) is 0.875. The molecule has 2 atom stereocenters. The molecule has 0 aromatic rings. The van der Waals surface area contributed by atoms with Crippen LogP contribution in [0.25, 0.3) is 0 Å². The lowest BCUT2D eigenvalue weighted by Gasteiger charge is -2.34. The van der Waals surface area contributed by atoms with E-state index in [-0.39, 0.29) is 0 Å². The smallest absolute Gasteiger partial charge is 0.0870 e. The first-order chi connectivity index (χ1) is 5.58. The normalized spacial score (nSPS) is 31.8. The van der Waals surface area contributed by atoms with E-state index in [1.54, 1.807) is 0 Å². The molecule has 1 fully saturated rings. The topological polar surface area (TPSA) is 29.3 Å². The highest BCUT2D eigenvalue weighted by Crippen LogP contribution is 2.24. The molecule has 0 saturated carbocycles. The van der Waals surface area contributed by atoms with Crippen molar-refractivity contribution in [3.63, 3.8) is 0 Å². The second-order valence-electron chi connectivity index (χ2n) is 3.42. The zero-order chi connectivity index (χ0) is 9.14. The minimum atomic E-state index is 0.612. The third kappa shape index (κ3) is 3.29. The third-order valence-electron chi connectivity index (χ3n) is 1.87. The molecule has 4 heteroatoms. The van der Waals surface area contributed by atoms with Crippen molar-refractivity contribution in [3.05, 3.63) is 0 Å². The van der Waals surface area contributed by atoms with Gasteiger partial charge in [0.05, 0.1) is 4.99 Å². The second-order valence-corrected chi connectivity index (χ2v) is 5.82. The van der Waals surface area contributed by atoms with Crippen molar-refractivity contribution in [1.82, 2.24) is 4.90 Å². The fourth-order valence-electron chi connectivity index (χ4n) is 1.63. The van der Waals surface area contributed by atoms with E-state index < -0.39 is 0 Å². The first-order valence-corrected chi connectivity index (χ1v) is 5.59. The van der Waals surface area contributed by atoms with Gasteiger partial charge in [0, 0.05) is 30.1 Å². The minimum absolute atomic E-state index is 0.612. The SMILES string of the molecule is CC1CN(CC(N)=S)CC(C)S1. The molecule has 2 unspecified atom stereocenters. The summed E-state index contributed by atoms with van der Waals surface area (Å²) in [5, 5.41) is 1.42. The molecular formula is C8H16N2S2. The molecule has 1 rings (SSSR count). The van der Waals surface area contributed by atoms with Crippen LogP contribution in [0.15, 0.2) is 0 Å². The van der Waals surface area contributed by atoms with E-state index in [9.17, 15) is 0 Å². The van der Waals surface area contributed by atoms with Gasteiger partial charge in [0.2, 0.25) is 0 Å². The number of thioether (sulfide) groups is 1. The van der Waals surface area contributed by atoms with Crippen molar-refractivity contribution in [2.45, 2.75) is 24.3 Å². The molecule has 0 bridgehead atoms. The maximum absolute atomic E-state index is 5.50. The highest BCUT2D eigenvalue weighted by atomic mass is 32.2. The average Bonchev–Trinajstić information content (AvgIpc) is 1.81. The Morgan fingerprint density at radius 2 is 2.00 bits per heavy atom. The predicted octanol–water partition coefficient (Wildman–Crippen LogP) is 1.10. The summed E-state index contributed by atoms with van der Waals surface area (Å²) >= 11 is 6.93. The van der Waals surface area contributed by atoms with Crippen molar-refractivity contribution in [3.8, 4) is 0 Å². The summed E-state index contributed by atoms with van der Waals surface area (Å²) in [6.07, 6.45) is 0. The lowest BCUT2D eigenvalue weighted by molar-refractivity contribution is 0.308. The molecule has 0 radical (unpaired) electrons. The largest absolute Gasteiger partial charge is 0.392 e. The Hall–Kier alpha value is 0.200. The lowest BCUT2D eigenvalue weighted by atomic mass is 10.3.